The van der Waals surface area contributed by atoms with Crippen molar-refractivity contribution >= 4 is 28.3 Å². The number of anilines is 1. The van der Waals surface area contributed by atoms with Gasteiger partial charge >= 0.3 is 5.97 Å². The van der Waals surface area contributed by atoms with Crippen LogP contribution in [0.25, 0.3) is 22.4 Å². The van der Waals surface area contributed by atoms with E-state index in [9.17, 15) is 14.7 Å². The number of hydrogen-bond donors (Lipinski definition) is 1. The zero-order valence-corrected chi connectivity index (χ0v) is 21.2. The van der Waals surface area contributed by atoms with Crippen molar-refractivity contribution in [3.8, 4) is 28.3 Å². The van der Waals surface area contributed by atoms with E-state index in [4.69, 9.17) is 9.72 Å². The first kappa shape index (κ1) is 24.4. The molecule has 2 heterocycles. The number of aliphatic carboxylic acids is 1. The van der Waals surface area contributed by atoms with E-state index in [1.165, 1.54) is 24.2 Å². The maximum absolute atomic E-state index is 13.8. The number of pyridine rings is 1. The molecule has 7 nitrogen and oxygen atoms in total. The molecule has 1 N–H and O–H groups in total. The number of thiazole rings is 1. The molecule has 0 radical (unpaired) electrons. The van der Waals surface area contributed by atoms with Gasteiger partial charge in [0.05, 0.1) is 19.2 Å². The molecule has 0 bridgehead atoms. The highest BCUT2D eigenvalue weighted by Gasteiger charge is 2.40. The van der Waals surface area contributed by atoms with Gasteiger partial charge in [0.25, 0.3) is 0 Å². The van der Waals surface area contributed by atoms with Crippen LogP contribution in [0.2, 0.25) is 0 Å². The van der Waals surface area contributed by atoms with Crippen LogP contribution in [0.4, 0.5) is 5.13 Å². The van der Waals surface area contributed by atoms with Gasteiger partial charge in [0.1, 0.15) is 0 Å². The van der Waals surface area contributed by atoms with Crippen molar-refractivity contribution in [2.45, 2.75) is 57.4 Å². The Balaban J connectivity index is 1.43. The largest absolute Gasteiger partial charge is 0.481 e. The minimum Gasteiger partial charge on any atom is -0.481 e. The Morgan fingerprint density at radius 2 is 1.86 bits per heavy atom. The van der Waals surface area contributed by atoms with Gasteiger partial charge < -0.3 is 9.84 Å². The van der Waals surface area contributed by atoms with Crippen molar-refractivity contribution < 1.29 is 19.4 Å². The van der Waals surface area contributed by atoms with Crippen LogP contribution in [0.1, 0.15) is 51.4 Å². The summed E-state index contributed by atoms with van der Waals surface area (Å²) < 4.78 is 5.19. The fourth-order valence-corrected chi connectivity index (χ4v) is 6.11. The summed E-state index contributed by atoms with van der Waals surface area (Å²) in [6.45, 7) is 0. The Kier molecular flexibility index (Phi) is 7.32. The highest BCUT2D eigenvalue weighted by atomic mass is 32.1. The predicted molar refractivity (Wildman–Crippen MR) is 140 cm³/mol. The number of carbonyl (C=O) groups is 2. The molecule has 0 saturated heterocycles. The molecular weight excluding hydrogens is 474 g/mol. The molecule has 8 heteroatoms. The molecular formula is C28H31N3O4S. The van der Waals surface area contributed by atoms with Crippen LogP contribution in [0.3, 0.4) is 0 Å². The number of ether oxygens (including phenoxy) is 1. The van der Waals surface area contributed by atoms with Gasteiger partial charge in [-0.15, -0.1) is 11.3 Å². The highest BCUT2D eigenvalue weighted by molar-refractivity contribution is 7.14. The Morgan fingerprint density at radius 3 is 2.50 bits per heavy atom. The molecule has 3 aromatic rings. The van der Waals surface area contributed by atoms with Crippen molar-refractivity contribution in [1.82, 2.24) is 9.97 Å². The lowest BCUT2D eigenvalue weighted by molar-refractivity contribution is -0.141. The number of carbonyl (C=O) groups excluding carboxylic acids is 1. The number of amides is 1. The first-order valence-electron chi connectivity index (χ1n) is 12.6. The normalized spacial score (nSPS) is 16.6. The van der Waals surface area contributed by atoms with E-state index in [-0.39, 0.29) is 18.4 Å². The Bertz CT molecular complexity index is 1220. The van der Waals surface area contributed by atoms with E-state index >= 15 is 0 Å². The summed E-state index contributed by atoms with van der Waals surface area (Å²) in [5.74, 6) is -0.504. The lowest BCUT2D eigenvalue weighted by atomic mass is 9.90. The Hall–Kier alpha value is -3.26. The molecule has 0 aliphatic heterocycles. The van der Waals surface area contributed by atoms with E-state index in [0.29, 0.717) is 23.4 Å². The maximum Gasteiger partial charge on any atom is 0.304 e. The van der Waals surface area contributed by atoms with Crippen molar-refractivity contribution in [2.24, 2.45) is 11.8 Å². The van der Waals surface area contributed by atoms with Gasteiger partial charge in [-0.05, 0) is 36.8 Å². The zero-order chi connectivity index (χ0) is 25.1. The van der Waals surface area contributed by atoms with Crippen LogP contribution in [-0.2, 0) is 9.59 Å². The second-order valence-electron chi connectivity index (χ2n) is 9.77. The molecule has 2 aliphatic carbocycles. The van der Waals surface area contributed by atoms with E-state index in [1.54, 1.807) is 18.2 Å². The van der Waals surface area contributed by atoms with Gasteiger partial charge in [-0.1, -0.05) is 49.9 Å². The maximum atomic E-state index is 13.8. The molecule has 2 aromatic heterocycles. The van der Waals surface area contributed by atoms with Gasteiger partial charge in [-0.25, -0.2) is 9.97 Å². The van der Waals surface area contributed by atoms with Gasteiger partial charge in [0, 0.05) is 40.7 Å². The number of carboxylic acids is 1. The van der Waals surface area contributed by atoms with E-state index in [1.807, 2.05) is 41.8 Å². The third-order valence-corrected chi connectivity index (χ3v) is 8.01. The summed E-state index contributed by atoms with van der Waals surface area (Å²) in [7, 11) is 1.59. The Labute approximate surface area is 215 Å². The predicted octanol–water partition coefficient (Wildman–Crippen LogP) is 6.05. The topological polar surface area (TPSA) is 92.6 Å². The van der Waals surface area contributed by atoms with E-state index in [2.05, 4.69) is 4.98 Å². The highest BCUT2D eigenvalue weighted by Crippen LogP contribution is 2.40. The number of carboxylic acid groups (broad SMARTS) is 1. The van der Waals surface area contributed by atoms with Crippen LogP contribution in [0, 0.1) is 11.8 Å². The molecule has 2 saturated carbocycles. The number of methoxy groups -OCH3 is 1. The third-order valence-electron chi connectivity index (χ3n) is 7.17. The molecule has 188 valence electrons. The number of benzene rings is 1. The molecule has 1 unspecified atom stereocenters. The summed E-state index contributed by atoms with van der Waals surface area (Å²) in [4.78, 5) is 36.4. The standard InChI is InChI=1S/C28H31N3O4S/c1-35-25-13-10-19(16-29-25)22-8-4-5-9-23(22)24-17-36-28(30-24)31(21-11-12-21)27(34)20(15-26(32)33)14-18-6-2-3-7-18/h4-5,8-10,13,16-18,20-21H,2-3,6-7,11-12,14-15H2,1H3,(H,32,33). The monoisotopic (exact) mass is 505 g/mol. The van der Waals surface area contributed by atoms with Crippen LogP contribution in [0.5, 0.6) is 5.88 Å². The SMILES string of the molecule is COc1ccc(-c2ccccc2-c2csc(N(C(=O)C(CC(=O)O)CC3CCCC3)C3CC3)n2)cn1. The van der Waals surface area contributed by atoms with E-state index in [0.717, 1.165) is 48.1 Å². The van der Waals surface area contributed by atoms with Crippen molar-refractivity contribution in [2.75, 3.05) is 12.0 Å². The summed E-state index contributed by atoms with van der Waals surface area (Å²) >= 11 is 1.45. The Morgan fingerprint density at radius 1 is 1.11 bits per heavy atom. The molecule has 1 amide bonds. The summed E-state index contributed by atoms with van der Waals surface area (Å²) in [6.07, 6.45) is 8.69. The van der Waals surface area contributed by atoms with Crippen molar-refractivity contribution in [3.05, 3.63) is 48.0 Å². The quantitative estimate of drug-likeness (QED) is 0.361. The molecule has 1 atom stereocenters. The number of nitrogens with zero attached hydrogens (tertiary/aromatic N) is 3. The minimum atomic E-state index is -0.913. The molecule has 0 spiro atoms. The third kappa shape index (κ3) is 5.43. The van der Waals surface area contributed by atoms with Gasteiger partial charge in [-0.2, -0.15) is 0 Å². The van der Waals surface area contributed by atoms with Crippen LogP contribution in [-0.4, -0.2) is 40.1 Å². The van der Waals surface area contributed by atoms with Crippen LogP contribution >= 0.6 is 11.3 Å². The fraction of sp³-hybridized carbons (Fsp3) is 0.429. The summed E-state index contributed by atoms with van der Waals surface area (Å²) in [6, 6.07) is 11.9. The smallest absolute Gasteiger partial charge is 0.304 e. The van der Waals surface area contributed by atoms with Gasteiger partial charge in [0.2, 0.25) is 11.8 Å². The molecule has 5 rings (SSSR count). The first-order valence-corrected chi connectivity index (χ1v) is 13.5. The van der Waals surface area contributed by atoms with Crippen molar-refractivity contribution in [3.63, 3.8) is 0 Å². The lowest BCUT2D eigenvalue weighted by Gasteiger charge is -2.26. The van der Waals surface area contributed by atoms with E-state index < -0.39 is 11.9 Å². The molecule has 1 aromatic carbocycles. The minimum absolute atomic E-state index is 0.0830. The lowest BCUT2D eigenvalue weighted by Crippen LogP contribution is -2.39. The average molecular weight is 506 g/mol. The molecule has 2 aliphatic rings. The van der Waals surface area contributed by atoms with Crippen LogP contribution in [0.15, 0.2) is 48.0 Å². The molecule has 2 fully saturated rings. The van der Waals surface area contributed by atoms with Crippen molar-refractivity contribution in [1.29, 1.82) is 0 Å². The average Bonchev–Trinajstić information content (AvgIpc) is 3.36. The fourth-order valence-electron chi connectivity index (χ4n) is 5.21. The molecule has 36 heavy (non-hydrogen) atoms. The number of aromatic nitrogens is 2. The van der Waals surface area contributed by atoms with Crippen LogP contribution < -0.4 is 9.64 Å². The number of hydrogen-bond acceptors (Lipinski definition) is 6. The van der Waals surface area contributed by atoms with Gasteiger partial charge in [0.15, 0.2) is 5.13 Å². The first-order chi connectivity index (χ1) is 17.5. The second-order valence-corrected chi connectivity index (χ2v) is 10.6. The summed E-state index contributed by atoms with van der Waals surface area (Å²) in [5, 5.41) is 12.2. The zero-order valence-electron chi connectivity index (χ0n) is 20.4. The second kappa shape index (κ2) is 10.8. The van der Waals surface area contributed by atoms with Gasteiger partial charge in [-0.3, -0.25) is 14.5 Å². The summed E-state index contributed by atoms with van der Waals surface area (Å²) in [5.41, 5.74) is 3.71. The number of rotatable bonds is 10.